The molecule has 414 valence electrons. The van der Waals surface area contributed by atoms with Gasteiger partial charge < -0.3 is 8.80 Å². The third-order valence-electron chi connectivity index (χ3n) is 20.0. The second-order valence-electron chi connectivity index (χ2n) is 32.0. The minimum atomic E-state index is -0.0230. The average molecular weight is 1060 g/mol. The van der Waals surface area contributed by atoms with Crippen LogP contribution in [0.1, 0.15) is 245 Å². The maximum atomic E-state index is 2.83. The number of benzene rings is 7. The molecule has 0 radical (unpaired) electrons. The molecule has 0 bridgehead atoms. The molecule has 0 saturated heterocycles. The summed E-state index contributed by atoms with van der Waals surface area (Å²) < 4.78 is 5.67. The maximum Gasteiger partial charge on any atom is 0.0634 e. The summed E-state index contributed by atoms with van der Waals surface area (Å²) in [5.74, 6) is 1.04. The van der Waals surface area contributed by atoms with Gasteiger partial charge >= 0.3 is 0 Å². The normalized spacial score (nSPS) is 16.5. The van der Waals surface area contributed by atoms with Gasteiger partial charge in [0, 0.05) is 43.1 Å². The molecule has 0 aliphatic heterocycles. The standard InChI is InChI=1S/C78H92N2/c1-73(2,3)51-33-49(34-52(39-51)74(4,5)6)47-29-31-63-59(37-47)65-67-61-43-55(77(13,14)15)42-58(46-27-23-20-24-28-46)70(61)80-64-32-30-48(50-35-53(75(7,8)9)40-54(36-50)76(10,11)12)38-60(64)66(72(67)80)68-62-44-56(78(16,17)18)41-57(45-25-21-19-22-26-45)69(62)79(63)71(65)68/h29-46H,19-28H2,1-18H3. The van der Waals surface area contributed by atoms with Gasteiger partial charge in [0.05, 0.1) is 33.1 Å². The highest BCUT2D eigenvalue weighted by atomic mass is 15.0. The molecule has 0 atom stereocenters. The van der Waals surface area contributed by atoms with E-state index in [9.17, 15) is 0 Å². The zero-order valence-corrected chi connectivity index (χ0v) is 52.4. The summed E-state index contributed by atoms with van der Waals surface area (Å²) in [6, 6.07) is 41.0. The zero-order valence-electron chi connectivity index (χ0n) is 52.4. The van der Waals surface area contributed by atoms with E-state index in [1.807, 2.05) is 0 Å². The lowest BCUT2D eigenvalue weighted by molar-refractivity contribution is 0.444. The summed E-state index contributed by atoms with van der Waals surface area (Å²) in [5.41, 5.74) is 25.3. The highest BCUT2D eigenvalue weighted by Gasteiger charge is 2.35. The van der Waals surface area contributed by atoms with Crippen LogP contribution in [0.15, 0.2) is 97.1 Å². The Bertz CT molecular complexity index is 3930. The lowest BCUT2D eigenvalue weighted by Crippen LogP contribution is -2.16. The maximum absolute atomic E-state index is 2.83. The quantitative estimate of drug-likeness (QED) is 0.166. The van der Waals surface area contributed by atoms with E-state index in [0.29, 0.717) is 11.8 Å². The largest absolute Gasteiger partial charge is 0.308 e. The van der Waals surface area contributed by atoms with E-state index < -0.39 is 0 Å². The second kappa shape index (κ2) is 17.8. The second-order valence-corrected chi connectivity index (χ2v) is 32.0. The average Bonchev–Trinajstić information content (AvgIpc) is 4.22. The monoisotopic (exact) mass is 1060 g/mol. The molecule has 2 aliphatic rings. The van der Waals surface area contributed by atoms with Crippen LogP contribution in [0.4, 0.5) is 0 Å². The van der Waals surface area contributed by atoms with Gasteiger partial charge in [-0.1, -0.05) is 224 Å². The molecule has 4 aromatic heterocycles. The molecule has 0 unspecified atom stereocenters. The number of nitrogens with zero attached hydrogens (tertiary/aromatic N) is 2. The molecule has 0 spiro atoms. The molecule has 11 aromatic rings. The van der Waals surface area contributed by atoms with E-state index in [-0.39, 0.29) is 32.5 Å². The van der Waals surface area contributed by atoms with E-state index in [0.717, 1.165) is 0 Å². The number of aromatic nitrogens is 2. The van der Waals surface area contributed by atoms with Gasteiger partial charge in [0.15, 0.2) is 0 Å². The molecule has 7 aromatic carbocycles. The molecule has 2 fully saturated rings. The Morgan fingerprint density at radius 1 is 0.275 bits per heavy atom. The highest BCUT2D eigenvalue weighted by molar-refractivity contribution is 6.45. The Morgan fingerprint density at radius 3 is 0.863 bits per heavy atom. The van der Waals surface area contributed by atoms with Crippen LogP contribution in [0.2, 0.25) is 0 Å². The van der Waals surface area contributed by atoms with Crippen molar-refractivity contribution in [2.24, 2.45) is 0 Å². The molecule has 0 amide bonds. The predicted molar refractivity (Wildman–Crippen MR) is 350 cm³/mol. The van der Waals surface area contributed by atoms with Gasteiger partial charge in [-0.2, -0.15) is 0 Å². The third-order valence-corrected chi connectivity index (χ3v) is 20.0. The summed E-state index contributed by atoms with van der Waals surface area (Å²) >= 11 is 0. The van der Waals surface area contributed by atoms with Crippen molar-refractivity contribution in [2.75, 3.05) is 0 Å². The van der Waals surface area contributed by atoms with Crippen LogP contribution in [-0.4, -0.2) is 8.80 Å². The Labute approximate surface area is 479 Å². The fourth-order valence-corrected chi connectivity index (χ4v) is 15.0. The first-order valence-electron chi connectivity index (χ1n) is 31.3. The summed E-state index contributed by atoms with van der Waals surface area (Å²) in [7, 11) is 0. The van der Waals surface area contributed by atoms with Gasteiger partial charge in [0.25, 0.3) is 0 Å². The predicted octanol–water partition coefficient (Wildman–Crippen LogP) is 23.2. The van der Waals surface area contributed by atoms with Crippen molar-refractivity contribution >= 4 is 76.2 Å². The lowest BCUT2D eigenvalue weighted by atomic mass is 9.78. The lowest BCUT2D eigenvalue weighted by Gasteiger charge is -2.27. The summed E-state index contributed by atoms with van der Waals surface area (Å²) in [5, 5.41) is 11.4. The fourth-order valence-electron chi connectivity index (χ4n) is 15.0. The molecular weight excluding hydrogens is 965 g/mol. The van der Waals surface area contributed by atoms with Crippen LogP contribution in [-0.2, 0) is 32.5 Å². The topological polar surface area (TPSA) is 8.82 Å². The minimum absolute atomic E-state index is 0.0105. The Kier molecular flexibility index (Phi) is 11.9. The van der Waals surface area contributed by atoms with E-state index in [1.165, 1.54) is 196 Å². The van der Waals surface area contributed by atoms with Crippen LogP contribution in [0.3, 0.4) is 0 Å². The van der Waals surface area contributed by atoms with Crippen LogP contribution < -0.4 is 0 Å². The van der Waals surface area contributed by atoms with Crippen LogP contribution in [0, 0.1) is 0 Å². The molecular formula is C78H92N2. The smallest absolute Gasteiger partial charge is 0.0634 e. The highest BCUT2D eigenvalue weighted by Crippen LogP contribution is 2.56. The minimum Gasteiger partial charge on any atom is -0.308 e. The Hall–Kier alpha value is -5.86. The van der Waals surface area contributed by atoms with Gasteiger partial charge in [-0.3, -0.25) is 0 Å². The number of hydrogen-bond donors (Lipinski definition) is 0. The van der Waals surface area contributed by atoms with Gasteiger partial charge in [-0.15, -0.1) is 0 Å². The number of rotatable bonds is 4. The van der Waals surface area contributed by atoms with Crippen molar-refractivity contribution in [3.63, 3.8) is 0 Å². The van der Waals surface area contributed by atoms with Crippen molar-refractivity contribution < 1.29 is 0 Å². The SMILES string of the molecule is CC(C)(C)c1cc(-c2ccc3c(c2)c2c4c5cc(C(C)(C)C)cc(C6CCCCC6)c5n5c6ccc(-c7cc(C(C)(C)C)cc(C(C)(C)C)c7)cc6c(c6c7cc(C(C)(C)C)cc(C8CCCCC8)c7n3c26)c45)cc(C(C)(C)C)c1. The van der Waals surface area contributed by atoms with Gasteiger partial charge in [0.2, 0.25) is 0 Å². The van der Waals surface area contributed by atoms with E-state index >= 15 is 0 Å². The fraction of sp³-hybridized carbons (Fsp3) is 0.462. The van der Waals surface area contributed by atoms with Crippen LogP contribution in [0.25, 0.3) is 98.4 Å². The molecule has 2 saturated carbocycles. The Balaban J connectivity index is 1.29. The molecule has 0 N–H and O–H groups in total. The van der Waals surface area contributed by atoms with Crippen molar-refractivity contribution in [3.05, 3.63) is 142 Å². The zero-order chi connectivity index (χ0) is 56.7. The number of fused-ring (bicyclic) bond motifs is 14. The molecule has 80 heavy (non-hydrogen) atoms. The number of hydrogen-bond acceptors (Lipinski definition) is 0. The molecule has 4 heterocycles. The van der Waals surface area contributed by atoms with Crippen LogP contribution >= 0.6 is 0 Å². The van der Waals surface area contributed by atoms with E-state index in [2.05, 4.69) is 230 Å². The summed E-state index contributed by atoms with van der Waals surface area (Å²) in [4.78, 5) is 0. The summed E-state index contributed by atoms with van der Waals surface area (Å²) in [6.07, 6.45) is 12.9. The van der Waals surface area contributed by atoms with Gasteiger partial charge in [0.1, 0.15) is 0 Å². The first kappa shape index (κ1) is 53.5. The first-order chi connectivity index (χ1) is 37.5. The van der Waals surface area contributed by atoms with E-state index in [4.69, 9.17) is 0 Å². The molecule has 2 nitrogen and oxygen atoms in total. The molecule has 2 aliphatic carbocycles. The van der Waals surface area contributed by atoms with Gasteiger partial charge in [-0.25, -0.2) is 0 Å². The van der Waals surface area contributed by atoms with E-state index in [1.54, 1.807) is 11.1 Å². The Morgan fingerprint density at radius 2 is 0.562 bits per heavy atom. The first-order valence-corrected chi connectivity index (χ1v) is 31.3. The van der Waals surface area contributed by atoms with Gasteiger partial charge in [-0.05, 0) is 173 Å². The van der Waals surface area contributed by atoms with Crippen molar-refractivity contribution in [2.45, 2.75) is 233 Å². The molecule has 2 heteroatoms. The van der Waals surface area contributed by atoms with Crippen LogP contribution in [0.5, 0.6) is 0 Å². The van der Waals surface area contributed by atoms with Crippen molar-refractivity contribution in [1.82, 2.24) is 8.80 Å². The van der Waals surface area contributed by atoms with Crippen molar-refractivity contribution in [1.29, 1.82) is 0 Å². The van der Waals surface area contributed by atoms with Crippen molar-refractivity contribution in [3.8, 4) is 22.3 Å². The summed E-state index contributed by atoms with van der Waals surface area (Å²) in [6.45, 7) is 43.2. The third kappa shape index (κ3) is 8.43. The molecule has 13 rings (SSSR count).